The fourth-order valence-electron chi connectivity index (χ4n) is 2.44. The highest BCUT2D eigenvalue weighted by Gasteiger charge is 2.18. The molecular formula is C19H17N5O4S. The van der Waals surface area contributed by atoms with Gasteiger partial charge >= 0.3 is 0 Å². The predicted molar refractivity (Wildman–Crippen MR) is 109 cm³/mol. The van der Waals surface area contributed by atoms with E-state index in [2.05, 4.69) is 20.6 Å². The minimum atomic E-state index is -0.619. The predicted octanol–water partition coefficient (Wildman–Crippen LogP) is 1.54. The Bertz CT molecular complexity index is 994. The molecule has 1 aliphatic rings. The number of aromatic nitrogens is 1. The summed E-state index contributed by atoms with van der Waals surface area (Å²) in [6, 6.07) is 6.28. The van der Waals surface area contributed by atoms with E-state index >= 15 is 0 Å². The summed E-state index contributed by atoms with van der Waals surface area (Å²) in [5.74, 6) is -2.09. The van der Waals surface area contributed by atoms with E-state index in [1.54, 1.807) is 17.5 Å². The molecule has 1 aromatic heterocycles. The number of hydrogen-bond donors (Lipinski definition) is 3. The third kappa shape index (κ3) is 5.66. The fraction of sp³-hybridized carbons (Fsp3) is 0.158. The molecule has 0 spiro atoms. The van der Waals surface area contributed by atoms with Crippen molar-refractivity contribution in [1.82, 2.24) is 4.98 Å². The third-order valence-corrected chi connectivity index (χ3v) is 4.76. The van der Waals surface area contributed by atoms with E-state index in [-0.39, 0.29) is 18.2 Å². The standard InChI is InChI=1S/C19H17N5O4S/c20-17(27)11-1-4-13(5-2-11)22-16(26)8-6-14-10-29-19(23-14)24-18(28)12-3-7-15(25)21-9-12/h1-5,7,9-10,12H,6,8H2,(H2,20,27)(H,22,26)(H,23,24,28). The first kappa shape index (κ1) is 20.1. The summed E-state index contributed by atoms with van der Waals surface area (Å²) in [6.07, 6.45) is 4.61. The van der Waals surface area contributed by atoms with Crippen LogP contribution in [0.3, 0.4) is 0 Å². The van der Waals surface area contributed by atoms with E-state index in [1.807, 2.05) is 0 Å². The topological polar surface area (TPSA) is 144 Å². The normalized spacial score (nSPS) is 15.2. The first-order chi connectivity index (χ1) is 13.9. The molecule has 0 radical (unpaired) electrons. The number of dihydropyridines is 1. The summed E-state index contributed by atoms with van der Waals surface area (Å²) in [6.45, 7) is 0. The van der Waals surface area contributed by atoms with Crippen LogP contribution in [0.1, 0.15) is 22.5 Å². The van der Waals surface area contributed by atoms with Crippen LogP contribution in [0.4, 0.5) is 10.8 Å². The van der Waals surface area contributed by atoms with Gasteiger partial charge in [0.25, 0.3) is 5.91 Å². The first-order valence-electron chi connectivity index (χ1n) is 8.62. The van der Waals surface area contributed by atoms with E-state index in [4.69, 9.17) is 5.73 Å². The van der Waals surface area contributed by atoms with Crippen molar-refractivity contribution in [3.05, 3.63) is 53.1 Å². The maximum atomic E-state index is 12.1. The lowest BCUT2D eigenvalue weighted by Gasteiger charge is -2.08. The second-order valence-electron chi connectivity index (χ2n) is 6.12. The Hall–Kier alpha value is -3.66. The number of thiazole rings is 1. The highest BCUT2D eigenvalue weighted by Crippen LogP contribution is 2.18. The first-order valence-corrected chi connectivity index (χ1v) is 9.50. The molecule has 0 aliphatic carbocycles. The number of nitrogens with two attached hydrogens (primary N) is 1. The van der Waals surface area contributed by atoms with Gasteiger partial charge in [-0.15, -0.1) is 11.3 Å². The van der Waals surface area contributed by atoms with Crippen molar-refractivity contribution in [2.45, 2.75) is 12.8 Å². The molecule has 2 aromatic rings. The van der Waals surface area contributed by atoms with Crippen molar-refractivity contribution in [3.8, 4) is 0 Å². The summed E-state index contributed by atoms with van der Waals surface area (Å²) in [5.41, 5.74) is 6.77. The Morgan fingerprint density at radius 2 is 1.90 bits per heavy atom. The van der Waals surface area contributed by atoms with Crippen LogP contribution in [0.2, 0.25) is 0 Å². The van der Waals surface area contributed by atoms with Gasteiger partial charge in [-0.2, -0.15) is 0 Å². The SMILES string of the molecule is NC(=O)c1ccc(NC(=O)CCc2csc(NC(=O)C3C=CC(=O)N=C3)n2)cc1. The number of benzene rings is 1. The Labute approximate surface area is 169 Å². The third-order valence-electron chi connectivity index (χ3n) is 3.95. The van der Waals surface area contributed by atoms with Crippen LogP contribution in [-0.4, -0.2) is 34.8 Å². The average Bonchev–Trinajstić information content (AvgIpc) is 3.14. The Kier molecular flexibility index (Phi) is 6.25. The van der Waals surface area contributed by atoms with Gasteiger partial charge < -0.3 is 16.4 Å². The minimum Gasteiger partial charge on any atom is -0.366 e. The summed E-state index contributed by atoms with van der Waals surface area (Å²) in [5, 5.41) is 7.57. The lowest BCUT2D eigenvalue weighted by molar-refractivity contribution is -0.117. The molecule has 1 unspecified atom stereocenters. The summed E-state index contributed by atoms with van der Waals surface area (Å²) in [7, 11) is 0. The lowest BCUT2D eigenvalue weighted by Crippen LogP contribution is -2.24. The van der Waals surface area contributed by atoms with Crippen molar-refractivity contribution in [3.63, 3.8) is 0 Å². The summed E-state index contributed by atoms with van der Waals surface area (Å²) in [4.78, 5) is 54.1. The van der Waals surface area contributed by atoms with Gasteiger partial charge in [-0.3, -0.25) is 19.2 Å². The van der Waals surface area contributed by atoms with Crippen LogP contribution in [0.15, 0.2) is 46.8 Å². The van der Waals surface area contributed by atoms with Crippen molar-refractivity contribution >= 4 is 52.0 Å². The molecule has 2 heterocycles. The van der Waals surface area contributed by atoms with Crippen LogP contribution < -0.4 is 16.4 Å². The Balaban J connectivity index is 1.47. The van der Waals surface area contributed by atoms with E-state index in [9.17, 15) is 19.2 Å². The molecule has 0 saturated heterocycles. The Morgan fingerprint density at radius 3 is 2.55 bits per heavy atom. The number of nitrogens with one attached hydrogen (secondary N) is 2. The Morgan fingerprint density at radius 1 is 1.14 bits per heavy atom. The monoisotopic (exact) mass is 411 g/mol. The van der Waals surface area contributed by atoms with Gasteiger partial charge in [-0.25, -0.2) is 9.98 Å². The number of rotatable bonds is 7. The number of amides is 4. The van der Waals surface area contributed by atoms with E-state index in [0.717, 1.165) is 0 Å². The summed E-state index contributed by atoms with van der Waals surface area (Å²) < 4.78 is 0. The highest BCUT2D eigenvalue weighted by atomic mass is 32.1. The molecule has 1 aliphatic heterocycles. The highest BCUT2D eigenvalue weighted by molar-refractivity contribution is 7.13. The molecule has 4 N–H and O–H groups in total. The maximum absolute atomic E-state index is 12.1. The van der Waals surface area contributed by atoms with Crippen molar-refractivity contribution in [1.29, 1.82) is 0 Å². The van der Waals surface area contributed by atoms with Crippen molar-refractivity contribution in [2.24, 2.45) is 16.6 Å². The molecule has 1 aromatic carbocycles. The molecule has 29 heavy (non-hydrogen) atoms. The van der Waals surface area contributed by atoms with Gasteiger partial charge in [-0.05, 0) is 30.7 Å². The largest absolute Gasteiger partial charge is 0.366 e. The molecular weight excluding hydrogens is 394 g/mol. The number of aryl methyl sites for hydroxylation is 1. The molecule has 148 valence electrons. The van der Waals surface area contributed by atoms with Gasteiger partial charge in [0.15, 0.2) is 5.13 Å². The van der Waals surface area contributed by atoms with E-state index < -0.39 is 17.7 Å². The number of carbonyl (C=O) groups is 4. The van der Waals surface area contributed by atoms with Crippen LogP contribution in [0.5, 0.6) is 0 Å². The number of primary amides is 1. The maximum Gasteiger partial charge on any atom is 0.269 e. The number of aliphatic imine (C=N–C) groups is 1. The number of anilines is 2. The lowest BCUT2D eigenvalue weighted by atomic mass is 10.1. The number of nitrogens with zero attached hydrogens (tertiary/aromatic N) is 2. The zero-order valence-corrected chi connectivity index (χ0v) is 15.9. The van der Waals surface area contributed by atoms with Crippen LogP contribution in [-0.2, 0) is 20.8 Å². The molecule has 9 nitrogen and oxygen atoms in total. The van der Waals surface area contributed by atoms with Gasteiger partial charge in [0, 0.05) is 35.3 Å². The van der Waals surface area contributed by atoms with Crippen LogP contribution >= 0.6 is 11.3 Å². The van der Waals surface area contributed by atoms with Crippen LogP contribution in [0, 0.1) is 5.92 Å². The second kappa shape index (κ2) is 9.02. The molecule has 3 rings (SSSR count). The number of hydrogen-bond acceptors (Lipinski definition) is 6. The van der Waals surface area contributed by atoms with Crippen molar-refractivity contribution in [2.75, 3.05) is 10.6 Å². The molecule has 1 atom stereocenters. The molecule has 4 amide bonds. The number of carbonyl (C=O) groups excluding carboxylic acids is 4. The smallest absolute Gasteiger partial charge is 0.269 e. The van der Waals surface area contributed by atoms with Gasteiger partial charge in [-0.1, -0.05) is 6.08 Å². The molecule has 0 fully saturated rings. The summed E-state index contributed by atoms with van der Waals surface area (Å²) >= 11 is 1.25. The van der Waals surface area contributed by atoms with E-state index in [0.29, 0.717) is 28.5 Å². The second-order valence-corrected chi connectivity index (χ2v) is 6.98. The zero-order valence-electron chi connectivity index (χ0n) is 15.1. The van der Waals surface area contributed by atoms with Gasteiger partial charge in [0.05, 0.1) is 11.6 Å². The van der Waals surface area contributed by atoms with E-state index in [1.165, 1.54) is 41.8 Å². The minimum absolute atomic E-state index is 0.203. The molecule has 10 heteroatoms. The van der Waals surface area contributed by atoms with Crippen LogP contribution in [0.25, 0.3) is 0 Å². The molecule has 0 saturated carbocycles. The zero-order chi connectivity index (χ0) is 20.8. The average molecular weight is 411 g/mol. The fourth-order valence-corrected chi connectivity index (χ4v) is 3.19. The van der Waals surface area contributed by atoms with Gasteiger partial charge in [0.1, 0.15) is 0 Å². The van der Waals surface area contributed by atoms with Gasteiger partial charge in [0.2, 0.25) is 17.7 Å². The molecule has 0 bridgehead atoms. The quantitative estimate of drug-likeness (QED) is 0.633. The van der Waals surface area contributed by atoms with Crippen molar-refractivity contribution < 1.29 is 19.2 Å².